The van der Waals surface area contributed by atoms with Crippen LogP contribution in [0.15, 0.2) is 35.9 Å². The fourth-order valence-electron chi connectivity index (χ4n) is 1.01. The van der Waals surface area contributed by atoms with Gasteiger partial charge in [-0.05, 0) is 18.2 Å². The van der Waals surface area contributed by atoms with Gasteiger partial charge in [-0.15, -0.1) is 0 Å². The highest BCUT2D eigenvalue weighted by molar-refractivity contribution is 6.37. The molecule has 0 spiro atoms. The Hall–Kier alpha value is -1.74. The maximum Gasteiger partial charge on any atom is 0.129 e. The Bertz CT molecular complexity index is 495. The second kappa shape index (κ2) is 5.98. The lowest BCUT2D eigenvalue weighted by molar-refractivity contribution is 1.46. The van der Waals surface area contributed by atoms with E-state index in [2.05, 4.69) is 0 Å². The topological polar surface area (TPSA) is 47.6 Å². The van der Waals surface area contributed by atoms with E-state index in [-0.39, 0.29) is 5.57 Å². The van der Waals surface area contributed by atoms with Crippen LogP contribution in [0, 0.1) is 22.7 Å². The fourth-order valence-corrected chi connectivity index (χ4v) is 1.53. The SMILES string of the molecule is N#CC(C#N)=CC=Cc1c(Cl)cccc1Cl. The predicted molar refractivity (Wildman–Crippen MR) is 64.8 cm³/mol. The summed E-state index contributed by atoms with van der Waals surface area (Å²) in [4.78, 5) is 0. The van der Waals surface area contributed by atoms with Crippen molar-refractivity contribution in [2.45, 2.75) is 0 Å². The molecule has 2 nitrogen and oxygen atoms in total. The van der Waals surface area contributed by atoms with Crippen molar-refractivity contribution < 1.29 is 0 Å². The van der Waals surface area contributed by atoms with E-state index in [0.29, 0.717) is 15.6 Å². The molecule has 1 aromatic carbocycles. The van der Waals surface area contributed by atoms with Crippen molar-refractivity contribution in [3.05, 3.63) is 51.5 Å². The molecule has 0 radical (unpaired) electrons. The van der Waals surface area contributed by atoms with Gasteiger partial charge in [-0.25, -0.2) is 0 Å². The van der Waals surface area contributed by atoms with Crippen molar-refractivity contribution in [2.24, 2.45) is 0 Å². The number of benzene rings is 1. The van der Waals surface area contributed by atoms with Gasteiger partial charge in [0, 0.05) is 15.6 Å². The molecule has 0 saturated carbocycles. The van der Waals surface area contributed by atoms with Gasteiger partial charge in [0.15, 0.2) is 0 Å². The number of nitrogens with zero attached hydrogens (tertiary/aromatic N) is 2. The largest absolute Gasteiger partial charge is 0.192 e. The second-order valence-corrected chi connectivity index (χ2v) is 3.61. The number of hydrogen-bond donors (Lipinski definition) is 0. The molecule has 4 heteroatoms. The predicted octanol–water partition coefficient (Wildman–Crippen LogP) is 3.98. The van der Waals surface area contributed by atoms with Crippen LogP contribution in [0.25, 0.3) is 6.08 Å². The standard InChI is InChI=1S/C12H6Cl2N2/c13-11-5-2-6-12(14)10(11)4-1-3-9(7-15)8-16/h1-6H. The van der Waals surface area contributed by atoms with Crippen molar-refractivity contribution >= 4 is 29.3 Å². The Morgan fingerprint density at radius 2 is 1.69 bits per heavy atom. The molecule has 16 heavy (non-hydrogen) atoms. The third-order valence-electron chi connectivity index (χ3n) is 1.77. The second-order valence-electron chi connectivity index (χ2n) is 2.80. The summed E-state index contributed by atoms with van der Waals surface area (Å²) in [6.07, 6.45) is 4.62. The van der Waals surface area contributed by atoms with E-state index in [1.807, 2.05) is 0 Å². The average molecular weight is 249 g/mol. The zero-order valence-corrected chi connectivity index (χ0v) is 9.63. The summed E-state index contributed by atoms with van der Waals surface area (Å²) >= 11 is 11.9. The number of allylic oxidation sites excluding steroid dienone is 3. The lowest BCUT2D eigenvalue weighted by atomic mass is 10.2. The van der Waals surface area contributed by atoms with Crippen LogP contribution in [0.2, 0.25) is 10.0 Å². The summed E-state index contributed by atoms with van der Waals surface area (Å²) in [6, 6.07) is 8.67. The van der Waals surface area contributed by atoms with Gasteiger partial charge in [0.2, 0.25) is 0 Å². The molecule has 0 aliphatic rings. The lowest BCUT2D eigenvalue weighted by Gasteiger charge is -1.99. The van der Waals surface area contributed by atoms with E-state index in [1.165, 1.54) is 6.08 Å². The van der Waals surface area contributed by atoms with Gasteiger partial charge in [-0.3, -0.25) is 0 Å². The molecular formula is C12H6Cl2N2. The molecule has 0 aliphatic heterocycles. The molecule has 0 N–H and O–H groups in total. The first-order valence-corrected chi connectivity index (χ1v) is 5.07. The molecule has 0 fully saturated rings. The Labute approximate surface area is 104 Å². The molecule has 1 aromatic rings. The number of rotatable bonds is 2. The number of nitriles is 2. The third-order valence-corrected chi connectivity index (χ3v) is 2.43. The minimum atomic E-state index is 0.0272. The summed E-state index contributed by atoms with van der Waals surface area (Å²) in [7, 11) is 0. The van der Waals surface area contributed by atoms with E-state index >= 15 is 0 Å². The Balaban J connectivity index is 2.99. The Kier molecular flexibility index (Phi) is 4.61. The van der Waals surface area contributed by atoms with Crippen LogP contribution in [0.3, 0.4) is 0 Å². The van der Waals surface area contributed by atoms with Crippen LogP contribution < -0.4 is 0 Å². The summed E-state index contributed by atoms with van der Waals surface area (Å²) in [5, 5.41) is 18.1. The average Bonchev–Trinajstić information content (AvgIpc) is 2.28. The summed E-state index contributed by atoms with van der Waals surface area (Å²) in [5.41, 5.74) is 0.691. The van der Waals surface area contributed by atoms with Crippen LogP contribution >= 0.6 is 23.2 Å². The normalized spacial score (nSPS) is 9.50. The molecule has 0 aliphatic carbocycles. The number of halogens is 2. The summed E-state index contributed by atoms with van der Waals surface area (Å²) in [5.74, 6) is 0. The van der Waals surface area contributed by atoms with Crippen LogP contribution in [0.5, 0.6) is 0 Å². The molecule has 0 atom stereocenters. The monoisotopic (exact) mass is 248 g/mol. The molecule has 0 saturated heterocycles. The Morgan fingerprint density at radius 3 is 2.19 bits per heavy atom. The highest BCUT2D eigenvalue weighted by atomic mass is 35.5. The van der Waals surface area contributed by atoms with Crippen LogP contribution in [-0.2, 0) is 0 Å². The van der Waals surface area contributed by atoms with Gasteiger partial charge in [0.1, 0.15) is 17.7 Å². The van der Waals surface area contributed by atoms with Gasteiger partial charge >= 0.3 is 0 Å². The first kappa shape index (κ1) is 12.3. The zero-order chi connectivity index (χ0) is 12.0. The van der Waals surface area contributed by atoms with Gasteiger partial charge in [0.05, 0.1) is 0 Å². The first-order valence-electron chi connectivity index (χ1n) is 4.31. The lowest BCUT2D eigenvalue weighted by Crippen LogP contribution is -1.76. The minimum absolute atomic E-state index is 0.0272. The van der Waals surface area contributed by atoms with Crippen LogP contribution in [-0.4, -0.2) is 0 Å². The third kappa shape index (κ3) is 3.14. The summed E-state index contributed by atoms with van der Waals surface area (Å²) < 4.78 is 0. The van der Waals surface area contributed by atoms with Crippen LogP contribution in [0.1, 0.15) is 5.56 Å². The van der Waals surface area contributed by atoms with Gasteiger partial charge < -0.3 is 0 Å². The van der Waals surface area contributed by atoms with Crippen molar-refractivity contribution in [1.29, 1.82) is 10.5 Å². The smallest absolute Gasteiger partial charge is 0.129 e. The number of hydrogen-bond acceptors (Lipinski definition) is 2. The van der Waals surface area contributed by atoms with E-state index in [1.54, 1.807) is 42.5 Å². The molecule has 1 rings (SSSR count). The molecule has 78 valence electrons. The maximum absolute atomic E-state index is 8.51. The summed E-state index contributed by atoms with van der Waals surface area (Å²) in [6.45, 7) is 0. The quantitative estimate of drug-likeness (QED) is 0.587. The van der Waals surface area contributed by atoms with Gasteiger partial charge in [-0.2, -0.15) is 10.5 Å². The molecular weight excluding hydrogens is 243 g/mol. The van der Waals surface area contributed by atoms with E-state index < -0.39 is 0 Å². The molecule has 0 bridgehead atoms. The van der Waals surface area contributed by atoms with Crippen molar-refractivity contribution in [1.82, 2.24) is 0 Å². The highest BCUT2D eigenvalue weighted by Gasteiger charge is 2.00. The molecule has 0 unspecified atom stereocenters. The van der Waals surface area contributed by atoms with Gasteiger partial charge in [0.25, 0.3) is 0 Å². The van der Waals surface area contributed by atoms with Crippen molar-refractivity contribution in [3.63, 3.8) is 0 Å². The fraction of sp³-hybridized carbons (Fsp3) is 0. The maximum atomic E-state index is 8.51. The minimum Gasteiger partial charge on any atom is -0.192 e. The van der Waals surface area contributed by atoms with Crippen LogP contribution in [0.4, 0.5) is 0 Å². The van der Waals surface area contributed by atoms with E-state index in [0.717, 1.165) is 0 Å². The Morgan fingerprint density at radius 1 is 1.12 bits per heavy atom. The highest BCUT2D eigenvalue weighted by Crippen LogP contribution is 2.25. The molecule has 0 amide bonds. The molecule has 0 aromatic heterocycles. The van der Waals surface area contributed by atoms with Crippen molar-refractivity contribution in [3.8, 4) is 12.1 Å². The van der Waals surface area contributed by atoms with Gasteiger partial charge in [-0.1, -0.05) is 41.4 Å². The first-order chi connectivity index (χ1) is 7.69. The van der Waals surface area contributed by atoms with E-state index in [9.17, 15) is 0 Å². The van der Waals surface area contributed by atoms with E-state index in [4.69, 9.17) is 33.7 Å². The van der Waals surface area contributed by atoms with Crippen molar-refractivity contribution in [2.75, 3.05) is 0 Å². The zero-order valence-electron chi connectivity index (χ0n) is 8.11. The molecule has 0 heterocycles.